The first-order valence-electron chi connectivity index (χ1n) is 9.63. The summed E-state index contributed by atoms with van der Waals surface area (Å²) in [5.74, 6) is 0.251. The van der Waals surface area contributed by atoms with Gasteiger partial charge < -0.3 is 18.8 Å². The van der Waals surface area contributed by atoms with Gasteiger partial charge >= 0.3 is 0 Å². The second-order valence-corrected chi connectivity index (χ2v) is 7.34. The molecule has 0 aromatic carbocycles. The first-order chi connectivity index (χ1) is 12.9. The minimum Gasteiger partial charge on any atom is -0.459 e. The minimum atomic E-state index is -0.239. The molecular weight excluding hydrogens is 342 g/mol. The van der Waals surface area contributed by atoms with E-state index in [4.69, 9.17) is 4.42 Å². The molecule has 0 bridgehead atoms. The number of furan rings is 1. The Hall–Kier alpha value is -2.50. The van der Waals surface area contributed by atoms with E-state index in [2.05, 4.69) is 6.92 Å². The van der Waals surface area contributed by atoms with E-state index in [0.717, 1.165) is 18.5 Å². The molecule has 0 N–H and O–H groups in total. The molecular formula is C21H31N3O3. The molecule has 2 rings (SSSR count). The maximum absolute atomic E-state index is 13.0. The Labute approximate surface area is 161 Å². The Bertz CT molecular complexity index is 719. The van der Waals surface area contributed by atoms with E-state index in [9.17, 15) is 9.59 Å². The van der Waals surface area contributed by atoms with Crippen LogP contribution in [0.5, 0.6) is 0 Å². The van der Waals surface area contributed by atoms with Crippen LogP contribution in [0.1, 0.15) is 49.9 Å². The van der Waals surface area contributed by atoms with Crippen LogP contribution in [0.2, 0.25) is 0 Å². The fourth-order valence-corrected chi connectivity index (χ4v) is 2.98. The number of carbonyl (C=O) groups excluding carboxylic acids is 2. The topological polar surface area (TPSA) is 58.7 Å². The highest BCUT2D eigenvalue weighted by molar-refractivity contribution is 5.94. The van der Waals surface area contributed by atoms with Gasteiger partial charge in [-0.2, -0.15) is 0 Å². The zero-order chi connectivity index (χ0) is 19.8. The Morgan fingerprint density at radius 1 is 1.19 bits per heavy atom. The van der Waals surface area contributed by atoms with Gasteiger partial charge in [-0.15, -0.1) is 0 Å². The maximum atomic E-state index is 13.0. The third-order valence-corrected chi connectivity index (χ3v) is 4.47. The van der Waals surface area contributed by atoms with Crippen molar-refractivity contribution >= 4 is 11.8 Å². The first-order valence-corrected chi connectivity index (χ1v) is 9.63. The zero-order valence-electron chi connectivity index (χ0n) is 16.9. The van der Waals surface area contributed by atoms with Crippen molar-refractivity contribution in [2.75, 3.05) is 19.6 Å². The Morgan fingerprint density at radius 2 is 1.96 bits per heavy atom. The summed E-state index contributed by atoms with van der Waals surface area (Å²) in [6.45, 7) is 7.98. The van der Waals surface area contributed by atoms with Crippen LogP contribution in [-0.2, 0) is 18.4 Å². The largest absolute Gasteiger partial charge is 0.459 e. The molecule has 2 aromatic heterocycles. The molecule has 2 aromatic rings. The average Bonchev–Trinajstić information content (AvgIpc) is 3.29. The minimum absolute atomic E-state index is 0.0368. The molecule has 0 fully saturated rings. The number of hydrogen-bond donors (Lipinski definition) is 0. The van der Waals surface area contributed by atoms with Crippen LogP contribution in [-0.4, -0.2) is 45.8 Å². The van der Waals surface area contributed by atoms with Gasteiger partial charge in [0, 0.05) is 32.0 Å². The highest BCUT2D eigenvalue weighted by Gasteiger charge is 2.24. The lowest BCUT2D eigenvalue weighted by Gasteiger charge is -2.28. The molecule has 6 nitrogen and oxygen atoms in total. The summed E-state index contributed by atoms with van der Waals surface area (Å²) in [7, 11) is 1.98. The molecule has 0 aliphatic rings. The van der Waals surface area contributed by atoms with Gasteiger partial charge in [0.05, 0.1) is 12.8 Å². The Balaban J connectivity index is 2.12. The molecule has 0 unspecified atom stereocenters. The van der Waals surface area contributed by atoms with Gasteiger partial charge in [-0.1, -0.05) is 27.2 Å². The molecule has 0 saturated heterocycles. The summed E-state index contributed by atoms with van der Waals surface area (Å²) in [6, 6.07) is 7.32. The average molecular weight is 373 g/mol. The number of unbranched alkanes of at least 4 members (excludes halogenated alkanes) is 1. The monoisotopic (exact) mass is 373 g/mol. The molecule has 27 heavy (non-hydrogen) atoms. The molecule has 0 radical (unpaired) electrons. The van der Waals surface area contributed by atoms with Crippen LogP contribution in [0, 0.1) is 5.92 Å². The Morgan fingerprint density at radius 3 is 2.52 bits per heavy atom. The van der Waals surface area contributed by atoms with E-state index < -0.39 is 0 Å². The van der Waals surface area contributed by atoms with Crippen LogP contribution >= 0.6 is 0 Å². The van der Waals surface area contributed by atoms with E-state index in [0.29, 0.717) is 19.6 Å². The molecule has 0 atom stereocenters. The number of amides is 2. The fraction of sp³-hybridized carbons (Fsp3) is 0.524. The van der Waals surface area contributed by atoms with Crippen molar-refractivity contribution in [1.29, 1.82) is 0 Å². The SMILES string of the molecule is CCCCN(Cc1cccn1C)C(=O)CN(CC(C)C)C(=O)c1ccco1. The normalized spacial score (nSPS) is 11.0. The molecule has 0 aliphatic carbocycles. The maximum Gasteiger partial charge on any atom is 0.290 e. The van der Waals surface area contributed by atoms with Gasteiger partial charge in [-0.3, -0.25) is 9.59 Å². The van der Waals surface area contributed by atoms with E-state index in [1.807, 2.05) is 48.7 Å². The highest BCUT2D eigenvalue weighted by atomic mass is 16.3. The van der Waals surface area contributed by atoms with Crippen LogP contribution in [0.3, 0.4) is 0 Å². The molecule has 0 aliphatic heterocycles. The van der Waals surface area contributed by atoms with Crippen LogP contribution in [0.4, 0.5) is 0 Å². The second kappa shape index (κ2) is 10.00. The van der Waals surface area contributed by atoms with Crippen molar-refractivity contribution in [3.63, 3.8) is 0 Å². The quantitative estimate of drug-likeness (QED) is 0.640. The summed E-state index contributed by atoms with van der Waals surface area (Å²) in [5.41, 5.74) is 1.08. The Kier molecular flexibility index (Phi) is 7.70. The van der Waals surface area contributed by atoms with Crippen molar-refractivity contribution in [1.82, 2.24) is 14.4 Å². The first kappa shape index (κ1) is 20.8. The molecule has 0 spiro atoms. The zero-order valence-corrected chi connectivity index (χ0v) is 16.9. The lowest BCUT2D eigenvalue weighted by Crippen LogP contribution is -2.44. The van der Waals surface area contributed by atoms with Gasteiger partial charge in [-0.05, 0) is 36.6 Å². The number of aromatic nitrogens is 1. The van der Waals surface area contributed by atoms with Gasteiger partial charge in [0.25, 0.3) is 5.91 Å². The number of aryl methyl sites for hydroxylation is 1. The standard InChI is InChI=1S/C21H31N3O3/c1-5-6-12-23(15-18-9-7-11-22(18)4)20(25)16-24(14-17(2)3)21(26)19-10-8-13-27-19/h7-11,13,17H,5-6,12,14-16H2,1-4H3. The molecule has 148 valence electrons. The summed E-state index contributed by atoms with van der Waals surface area (Å²) >= 11 is 0. The van der Waals surface area contributed by atoms with Crippen LogP contribution in [0.25, 0.3) is 0 Å². The van der Waals surface area contributed by atoms with Crippen molar-refractivity contribution < 1.29 is 14.0 Å². The van der Waals surface area contributed by atoms with Gasteiger partial charge in [-0.25, -0.2) is 0 Å². The third-order valence-electron chi connectivity index (χ3n) is 4.47. The number of hydrogen-bond acceptors (Lipinski definition) is 3. The van der Waals surface area contributed by atoms with Crippen molar-refractivity contribution in [3.8, 4) is 0 Å². The van der Waals surface area contributed by atoms with E-state index in [-0.39, 0.29) is 30.0 Å². The number of nitrogens with zero attached hydrogens (tertiary/aromatic N) is 3. The highest BCUT2D eigenvalue weighted by Crippen LogP contribution is 2.12. The summed E-state index contributed by atoms with van der Waals surface area (Å²) in [5, 5.41) is 0. The number of rotatable bonds is 10. The summed E-state index contributed by atoms with van der Waals surface area (Å²) in [6.07, 6.45) is 5.40. The lowest BCUT2D eigenvalue weighted by molar-refractivity contribution is -0.132. The number of carbonyl (C=O) groups is 2. The van der Waals surface area contributed by atoms with Crippen molar-refractivity contribution in [3.05, 3.63) is 48.2 Å². The van der Waals surface area contributed by atoms with E-state index in [1.54, 1.807) is 17.0 Å². The molecule has 2 heterocycles. The predicted octanol–water partition coefficient (Wildman–Crippen LogP) is 3.55. The fourth-order valence-electron chi connectivity index (χ4n) is 2.98. The molecule has 0 saturated carbocycles. The van der Waals surface area contributed by atoms with Gasteiger partial charge in [0.1, 0.15) is 6.54 Å². The molecule has 6 heteroatoms. The smallest absolute Gasteiger partial charge is 0.290 e. The molecule has 2 amide bonds. The van der Waals surface area contributed by atoms with Crippen LogP contribution < -0.4 is 0 Å². The van der Waals surface area contributed by atoms with Gasteiger partial charge in [0.2, 0.25) is 5.91 Å². The predicted molar refractivity (Wildman–Crippen MR) is 105 cm³/mol. The van der Waals surface area contributed by atoms with E-state index in [1.165, 1.54) is 6.26 Å². The van der Waals surface area contributed by atoms with E-state index >= 15 is 0 Å². The summed E-state index contributed by atoms with van der Waals surface area (Å²) in [4.78, 5) is 29.2. The van der Waals surface area contributed by atoms with Gasteiger partial charge in [0.15, 0.2) is 5.76 Å². The van der Waals surface area contributed by atoms with Crippen LogP contribution in [0.15, 0.2) is 41.1 Å². The third kappa shape index (κ3) is 6.01. The van der Waals surface area contributed by atoms with Crippen molar-refractivity contribution in [2.45, 2.75) is 40.2 Å². The van der Waals surface area contributed by atoms with Crippen molar-refractivity contribution in [2.24, 2.45) is 13.0 Å². The lowest BCUT2D eigenvalue weighted by atomic mass is 10.2. The second-order valence-electron chi connectivity index (χ2n) is 7.34. The summed E-state index contributed by atoms with van der Waals surface area (Å²) < 4.78 is 7.27.